The van der Waals surface area contributed by atoms with Crippen LogP contribution in [0.5, 0.6) is 0 Å². The molecule has 1 rings (SSSR count). The van der Waals surface area contributed by atoms with Crippen LogP contribution in [0, 0.1) is 5.41 Å². The molecule has 0 saturated carbocycles. The molecule has 68 valence electrons. The van der Waals surface area contributed by atoms with Gasteiger partial charge >= 0.3 is 0 Å². The van der Waals surface area contributed by atoms with E-state index in [1.54, 1.807) is 0 Å². The third-order valence-corrected chi connectivity index (χ3v) is 2.46. The van der Waals surface area contributed by atoms with Crippen LogP contribution >= 0.6 is 11.5 Å². The van der Waals surface area contributed by atoms with Crippen molar-refractivity contribution in [3.8, 4) is 0 Å². The van der Waals surface area contributed by atoms with Gasteiger partial charge in [0.2, 0.25) is 0 Å². The van der Waals surface area contributed by atoms with Crippen LogP contribution in [0.15, 0.2) is 6.33 Å². The third-order valence-electron chi connectivity index (χ3n) is 1.77. The Bertz CT molecular complexity index is 228. The van der Waals surface area contributed by atoms with Gasteiger partial charge in [-0.15, -0.1) is 0 Å². The van der Waals surface area contributed by atoms with Crippen LogP contribution in [0.1, 0.15) is 25.8 Å². The van der Waals surface area contributed by atoms with E-state index in [9.17, 15) is 5.11 Å². The molecule has 0 fully saturated rings. The Balaban J connectivity index is 2.53. The van der Waals surface area contributed by atoms with Gasteiger partial charge in [0.05, 0.1) is 6.10 Å². The molecule has 0 saturated heterocycles. The highest BCUT2D eigenvalue weighted by atomic mass is 32.1. The Hall–Kier alpha value is -0.480. The van der Waals surface area contributed by atoms with Crippen LogP contribution in [0.2, 0.25) is 0 Å². The fourth-order valence-corrected chi connectivity index (χ4v) is 1.30. The van der Waals surface area contributed by atoms with Gasteiger partial charge in [0.15, 0.2) is 0 Å². The number of hydrogen-bond donors (Lipinski definition) is 1. The van der Waals surface area contributed by atoms with Gasteiger partial charge in [0, 0.05) is 6.42 Å². The summed E-state index contributed by atoms with van der Waals surface area (Å²) in [5, 5.41) is 10.6. The van der Waals surface area contributed by atoms with Gasteiger partial charge in [-0.05, 0) is 16.9 Å². The van der Waals surface area contributed by atoms with Gasteiger partial charge in [-0.3, -0.25) is 0 Å². The predicted octanol–water partition coefficient (Wildman–Crippen LogP) is 1.49. The maximum absolute atomic E-state index is 9.70. The molecule has 0 aliphatic carbocycles. The second kappa shape index (κ2) is 3.49. The topological polar surface area (TPSA) is 46.0 Å². The van der Waals surface area contributed by atoms with E-state index in [-0.39, 0.29) is 11.5 Å². The maximum atomic E-state index is 9.70. The van der Waals surface area contributed by atoms with E-state index in [1.165, 1.54) is 17.9 Å². The van der Waals surface area contributed by atoms with Gasteiger partial charge < -0.3 is 5.11 Å². The zero-order chi connectivity index (χ0) is 9.19. The first kappa shape index (κ1) is 9.61. The Labute approximate surface area is 76.6 Å². The molecule has 0 bridgehead atoms. The van der Waals surface area contributed by atoms with Crippen molar-refractivity contribution in [3.63, 3.8) is 0 Å². The highest BCUT2D eigenvalue weighted by Gasteiger charge is 2.23. The molecule has 1 heterocycles. The van der Waals surface area contributed by atoms with E-state index in [0.29, 0.717) is 6.42 Å². The van der Waals surface area contributed by atoms with Crippen LogP contribution in [0.4, 0.5) is 0 Å². The Morgan fingerprint density at radius 3 is 2.67 bits per heavy atom. The van der Waals surface area contributed by atoms with E-state index in [2.05, 4.69) is 9.36 Å². The SMILES string of the molecule is CC(C)(C)C(O)Cc1ncns1. The van der Waals surface area contributed by atoms with Gasteiger partial charge in [-0.25, -0.2) is 4.98 Å². The highest BCUT2D eigenvalue weighted by Crippen LogP contribution is 2.22. The molecular weight excluding hydrogens is 172 g/mol. The molecule has 1 atom stereocenters. The van der Waals surface area contributed by atoms with Crippen LogP contribution in [0.25, 0.3) is 0 Å². The van der Waals surface area contributed by atoms with Crippen LogP contribution in [-0.2, 0) is 6.42 Å². The third kappa shape index (κ3) is 2.53. The molecule has 0 aliphatic heterocycles. The fraction of sp³-hybridized carbons (Fsp3) is 0.750. The minimum Gasteiger partial charge on any atom is -0.392 e. The van der Waals surface area contributed by atoms with E-state index in [0.717, 1.165) is 5.01 Å². The highest BCUT2D eigenvalue weighted by molar-refractivity contribution is 7.05. The lowest BCUT2D eigenvalue weighted by Crippen LogP contribution is -2.27. The molecule has 0 spiro atoms. The smallest absolute Gasteiger partial charge is 0.129 e. The number of hydrogen-bond acceptors (Lipinski definition) is 4. The minimum atomic E-state index is -0.342. The number of nitrogens with zero attached hydrogens (tertiary/aromatic N) is 2. The lowest BCUT2D eigenvalue weighted by Gasteiger charge is -2.24. The molecular formula is C8H14N2OS. The summed E-state index contributed by atoms with van der Waals surface area (Å²) in [6.45, 7) is 6.04. The van der Waals surface area contributed by atoms with Gasteiger partial charge in [-0.2, -0.15) is 4.37 Å². The first-order chi connectivity index (χ1) is 5.50. The quantitative estimate of drug-likeness (QED) is 0.761. The molecule has 0 radical (unpaired) electrons. The average molecular weight is 186 g/mol. The molecule has 0 aromatic carbocycles. The largest absolute Gasteiger partial charge is 0.392 e. The zero-order valence-electron chi connectivity index (χ0n) is 7.61. The molecule has 0 amide bonds. The number of rotatable bonds is 2. The van der Waals surface area contributed by atoms with Crippen LogP contribution in [0.3, 0.4) is 0 Å². The molecule has 1 unspecified atom stereocenters. The summed E-state index contributed by atoms with van der Waals surface area (Å²) >= 11 is 1.35. The van der Waals surface area contributed by atoms with Crippen molar-refractivity contribution in [2.45, 2.75) is 33.3 Å². The van der Waals surface area contributed by atoms with Gasteiger partial charge in [0.1, 0.15) is 11.3 Å². The first-order valence-electron chi connectivity index (χ1n) is 3.94. The summed E-state index contributed by atoms with van der Waals surface area (Å²) in [5.74, 6) is 0. The summed E-state index contributed by atoms with van der Waals surface area (Å²) in [5.41, 5.74) is -0.0777. The maximum Gasteiger partial charge on any atom is 0.129 e. The summed E-state index contributed by atoms with van der Waals surface area (Å²) in [6.07, 6.45) is 1.79. The molecule has 1 aromatic rings. The Morgan fingerprint density at radius 2 is 2.25 bits per heavy atom. The predicted molar refractivity (Wildman–Crippen MR) is 49.1 cm³/mol. The molecule has 3 nitrogen and oxygen atoms in total. The zero-order valence-corrected chi connectivity index (χ0v) is 8.43. The van der Waals surface area contributed by atoms with Crippen molar-refractivity contribution in [2.75, 3.05) is 0 Å². The number of aliphatic hydroxyl groups excluding tert-OH is 1. The second-order valence-corrected chi connectivity index (χ2v) is 4.79. The summed E-state index contributed by atoms with van der Waals surface area (Å²) in [4.78, 5) is 4.02. The summed E-state index contributed by atoms with van der Waals surface area (Å²) < 4.78 is 3.88. The molecule has 4 heteroatoms. The Morgan fingerprint density at radius 1 is 1.58 bits per heavy atom. The van der Waals surface area contributed by atoms with E-state index < -0.39 is 0 Å². The molecule has 1 N–H and O–H groups in total. The van der Waals surface area contributed by atoms with Crippen molar-refractivity contribution in [1.29, 1.82) is 0 Å². The van der Waals surface area contributed by atoms with E-state index in [4.69, 9.17) is 0 Å². The van der Waals surface area contributed by atoms with Crippen LogP contribution in [-0.4, -0.2) is 20.6 Å². The fourth-order valence-electron chi connectivity index (χ4n) is 0.758. The summed E-state index contributed by atoms with van der Waals surface area (Å²) in [7, 11) is 0. The minimum absolute atomic E-state index is 0.0777. The normalized spacial score (nSPS) is 14.7. The lowest BCUT2D eigenvalue weighted by atomic mass is 9.87. The van der Waals surface area contributed by atoms with Gasteiger partial charge in [-0.1, -0.05) is 20.8 Å². The second-order valence-electron chi connectivity index (χ2n) is 3.92. The molecule has 12 heavy (non-hydrogen) atoms. The van der Waals surface area contributed by atoms with Crippen molar-refractivity contribution in [2.24, 2.45) is 5.41 Å². The van der Waals surface area contributed by atoms with Crippen molar-refractivity contribution < 1.29 is 5.11 Å². The lowest BCUT2D eigenvalue weighted by molar-refractivity contribution is 0.0635. The first-order valence-corrected chi connectivity index (χ1v) is 4.71. The number of aromatic nitrogens is 2. The van der Waals surface area contributed by atoms with Crippen molar-refractivity contribution >= 4 is 11.5 Å². The van der Waals surface area contributed by atoms with E-state index >= 15 is 0 Å². The standard InChI is InChI=1S/C8H14N2OS/c1-8(2,3)6(11)4-7-9-5-10-12-7/h5-6,11H,4H2,1-3H3. The molecule has 0 aliphatic rings. The number of aliphatic hydroxyl groups is 1. The molecule has 1 aromatic heterocycles. The summed E-state index contributed by atoms with van der Waals surface area (Å²) in [6, 6.07) is 0. The van der Waals surface area contributed by atoms with Crippen LogP contribution < -0.4 is 0 Å². The van der Waals surface area contributed by atoms with Crippen molar-refractivity contribution in [3.05, 3.63) is 11.3 Å². The average Bonchev–Trinajstić information content (AvgIpc) is 2.37. The van der Waals surface area contributed by atoms with Gasteiger partial charge in [0.25, 0.3) is 0 Å². The Kier molecular flexibility index (Phi) is 2.80. The monoisotopic (exact) mass is 186 g/mol. The van der Waals surface area contributed by atoms with Crippen molar-refractivity contribution in [1.82, 2.24) is 9.36 Å². The van der Waals surface area contributed by atoms with E-state index in [1.807, 2.05) is 20.8 Å².